The van der Waals surface area contributed by atoms with Crippen molar-refractivity contribution in [2.45, 2.75) is 38.0 Å². The maximum atomic E-state index is 12.7. The third kappa shape index (κ3) is 4.61. The van der Waals surface area contributed by atoms with E-state index >= 15 is 0 Å². The van der Waals surface area contributed by atoms with Crippen LogP contribution in [0.25, 0.3) is 11.8 Å². The molecule has 1 aliphatic carbocycles. The molecule has 0 radical (unpaired) electrons. The summed E-state index contributed by atoms with van der Waals surface area (Å²) in [7, 11) is 0. The van der Waals surface area contributed by atoms with Crippen molar-refractivity contribution in [3.8, 4) is 11.8 Å². The quantitative estimate of drug-likeness (QED) is 0.417. The number of nitrogens with zero attached hydrogens (tertiary/aromatic N) is 4. The first-order chi connectivity index (χ1) is 14.6. The normalized spacial score (nSPS) is 15.0. The maximum absolute atomic E-state index is 12.7. The van der Waals surface area contributed by atoms with Crippen LogP contribution in [-0.2, 0) is 4.79 Å². The summed E-state index contributed by atoms with van der Waals surface area (Å²) >= 11 is 7.48. The van der Waals surface area contributed by atoms with Crippen LogP contribution in [0.3, 0.4) is 0 Å². The molecule has 0 spiro atoms. The zero-order chi connectivity index (χ0) is 20.9. The lowest BCUT2D eigenvalue weighted by Gasteiger charge is -2.18. The zero-order valence-corrected chi connectivity index (χ0v) is 17.8. The van der Waals surface area contributed by atoms with E-state index in [2.05, 4.69) is 15.5 Å². The molecule has 2 aromatic heterocycles. The van der Waals surface area contributed by atoms with Gasteiger partial charge in [0.2, 0.25) is 5.13 Å². The van der Waals surface area contributed by atoms with Gasteiger partial charge in [-0.2, -0.15) is 5.26 Å². The van der Waals surface area contributed by atoms with Crippen LogP contribution < -0.4 is 5.32 Å². The number of carbonyl (C=O) groups excluding carboxylic acids is 1. The highest BCUT2D eigenvalue weighted by Crippen LogP contribution is 2.35. The third-order valence-electron chi connectivity index (χ3n) is 5.14. The average molecular weight is 438 g/mol. The number of halogens is 1. The van der Waals surface area contributed by atoms with E-state index in [1.165, 1.54) is 30.6 Å². The molecule has 0 atom stereocenters. The number of rotatable bonds is 5. The lowest BCUT2D eigenvalue weighted by Crippen LogP contribution is -2.13. The minimum absolute atomic E-state index is 0.00797. The van der Waals surface area contributed by atoms with E-state index in [1.54, 1.807) is 12.1 Å². The van der Waals surface area contributed by atoms with Gasteiger partial charge in [0.1, 0.15) is 16.6 Å². The van der Waals surface area contributed by atoms with Crippen molar-refractivity contribution in [3.63, 3.8) is 0 Å². The molecule has 6 nitrogen and oxygen atoms in total. The van der Waals surface area contributed by atoms with Crippen LogP contribution in [0.4, 0.5) is 5.13 Å². The SMILES string of the molecule is N#C/C(=C/c1cccn1-c1cccc(Cl)c1)C(=O)Nc1nnc(C2CCCCC2)s1. The molecule has 1 amide bonds. The topological polar surface area (TPSA) is 83.6 Å². The Kier molecular flexibility index (Phi) is 6.26. The van der Waals surface area contributed by atoms with Crippen molar-refractivity contribution in [2.75, 3.05) is 5.32 Å². The molecule has 8 heteroatoms. The highest BCUT2D eigenvalue weighted by molar-refractivity contribution is 7.15. The van der Waals surface area contributed by atoms with E-state index in [4.69, 9.17) is 11.6 Å². The van der Waals surface area contributed by atoms with Gasteiger partial charge in [-0.3, -0.25) is 10.1 Å². The minimum atomic E-state index is -0.498. The number of hydrogen-bond donors (Lipinski definition) is 1. The molecule has 0 saturated heterocycles. The zero-order valence-electron chi connectivity index (χ0n) is 16.2. The summed E-state index contributed by atoms with van der Waals surface area (Å²) in [5.41, 5.74) is 1.54. The number of anilines is 1. The first kappa shape index (κ1) is 20.3. The monoisotopic (exact) mass is 437 g/mol. The Morgan fingerprint density at radius 2 is 2.07 bits per heavy atom. The van der Waals surface area contributed by atoms with Gasteiger partial charge in [-0.15, -0.1) is 10.2 Å². The maximum Gasteiger partial charge on any atom is 0.268 e. The second-order valence-electron chi connectivity index (χ2n) is 7.19. The van der Waals surface area contributed by atoms with E-state index in [0.717, 1.165) is 23.5 Å². The summed E-state index contributed by atoms with van der Waals surface area (Å²) < 4.78 is 1.86. The molecule has 1 N–H and O–H groups in total. The fourth-order valence-corrected chi connectivity index (χ4v) is 4.73. The Balaban J connectivity index is 1.52. The second kappa shape index (κ2) is 9.24. The summed E-state index contributed by atoms with van der Waals surface area (Å²) in [5.74, 6) is -0.0726. The first-order valence-electron chi connectivity index (χ1n) is 9.84. The molecule has 3 aromatic rings. The molecule has 30 heavy (non-hydrogen) atoms. The van der Waals surface area contributed by atoms with Crippen molar-refractivity contribution in [2.24, 2.45) is 0 Å². The molecule has 2 heterocycles. The molecule has 152 valence electrons. The highest BCUT2D eigenvalue weighted by Gasteiger charge is 2.21. The van der Waals surface area contributed by atoms with Crippen molar-refractivity contribution in [3.05, 3.63) is 63.9 Å². The molecule has 0 aliphatic heterocycles. The molecule has 1 aromatic carbocycles. The average Bonchev–Trinajstić information content (AvgIpc) is 3.42. The van der Waals surface area contributed by atoms with Crippen molar-refractivity contribution >= 4 is 40.1 Å². The number of nitriles is 1. The van der Waals surface area contributed by atoms with E-state index < -0.39 is 5.91 Å². The van der Waals surface area contributed by atoms with Crippen molar-refractivity contribution < 1.29 is 4.79 Å². The molecule has 1 fully saturated rings. The fourth-order valence-electron chi connectivity index (χ4n) is 3.63. The van der Waals surface area contributed by atoms with Gasteiger partial charge in [-0.05, 0) is 49.2 Å². The Morgan fingerprint density at radius 3 is 2.83 bits per heavy atom. The van der Waals surface area contributed by atoms with Gasteiger partial charge in [-0.1, -0.05) is 48.3 Å². The standard InChI is InChI=1S/C22H20ClN5OS/c23-17-8-4-9-19(13-17)28-11-5-10-18(28)12-16(14-24)20(29)25-22-27-26-21(30-22)15-6-2-1-3-7-15/h4-5,8-13,15H,1-3,6-7H2,(H,25,27,29)/b16-12-. The van der Waals surface area contributed by atoms with Crippen molar-refractivity contribution in [1.29, 1.82) is 5.26 Å². The molecule has 0 unspecified atom stereocenters. The van der Waals surface area contributed by atoms with Crippen molar-refractivity contribution in [1.82, 2.24) is 14.8 Å². The number of aromatic nitrogens is 3. The Hall–Kier alpha value is -2.95. The smallest absolute Gasteiger partial charge is 0.268 e. The van der Waals surface area contributed by atoms with Crippen LogP contribution in [0.5, 0.6) is 0 Å². The van der Waals surface area contributed by atoms with E-state index in [9.17, 15) is 10.1 Å². The number of hydrogen-bond acceptors (Lipinski definition) is 5. The molecule has 1 aliphatic rings. The van der Waals surface area contributed by atoms with E-state index in [1.807, 2.05) is 47.2 Å². The summed E-state index contributed by atoms with van der Waals surface area (Å²) in [4.78, 5) is 12.7. The first-order valence-corrected chi connectivity index (χ1v) is 11.0. The Morgan fingerprint density at radius 1 is 1.23 bits per heavy atom. The molecular weight excluding hydrogens is 418 g/mol. The Labute approximate surface area is 183 Å². The summed E-state index contributed by atoms with van der Waals surface area (Å²) in [6.07, 6.45) is 9.33. The van der Waals surface area contributed by atoms with Gasteiger partial charge >= 0.3 is 0 Å². The van der Waals surface area contributed by atoms with Crippen LogP contribution in [0, 0.1) is 11.3 Å². The predicted molar refractivity (Wildman–Crippen MR) is 119 cm³/mol. The number of nitrogens with one attached hydrogen (secondary N) is 1. The molecule has 4 rings (SSSR count). The van der Waals surface area contributed by atoms with Gasteiger partial charge in [0, 0.05) is 28.5 Å². The Bertz CT molecular complexity index is 1120. The van der Waals surface area contributed by atoms with Gasteiger partial charge in [0.15, 0.2) is 0 Å². The number of amides is 1. The van der Waals surface area contributed by atoms with Crippen LogP contribution in [-0.4, -0.2) is 20.7 Å². The van der Waals surface area contributed by atoms with Gasteiger partial charge in [0.25, 0.3) is 5.91 Å². The van der Waals surface area contributed by atoms with Gasteiger partial charge < -0.3 is 4.57 Å². The molecule has 0 bridgehead atoms. The predicted octanol–water partition coefficient (Wildman–Crippen LogP) is 5.58. The van der Waals surface area contributed by atoms with Crippen LogP contribution in [0.2, 0.25) is 5.02 Å². The summed E-state index contributed by atoms with van der Waals surface area (Å²) in [6, 6.07) is 13.0. The van der Waals surface area contributed by atoms with E-state index in [0.29, 0.717) is 21.8 Å². The fraction of sp³-hybridized carbons (Fsp3) is 0.273. The number of benzene rings is 1. The second-order valence-corrected chi connectivity index (χ2v) is 8.63. The van der Waals surface area contributed by atoms with Gasteiger partial charge in [0.05, 0.1) is 0 Å². The van der Waals surface area contributed by atoms with Crippen LogP contribution >= 0.6 is 22.9 Å². The molecule has 1 saturated carbocycles. The lowest BCUT2D eigenvalue weighted by molar-refractivity contribution is -0.112. The molecular formula is C22H20ClN5OS. The van der Waals surface area contributed by atoms with Crippen LogP contribution in [0.1, 0.15) is 48.7 Å². The lowest BCUT2D eigenvalue weighted by atomic mass is 9.90. The summed E-state index contributed by atoms with van der Waals surface area (Å²) in [6.45, 7) is 0. The number of carbonyl (C=O) groups is 1. The van der Waals surface area contributed by atoms with E-state index in [-0.39, 0.29) is 5.57 Å². The minimum Gasteiger partial charge on any atom is -0.317 e. The third-order valence-corrected chi connectivity index (χ3v) is 6.38. The van der Waals surface area contributed by atoms with Gasteiger partial charge in [-0.25, -0.2) is 0 Å². The highest BCUT2D eigenvalue weighted by atomic mass is 35.5. The largest absolute Gasteiger partial charge is 0.317 e. The summed E-state index contributed by atoms with van der Waals surface area (Å²) in [5, 5.41) is 22.6. The van der Waals surface area contributed by atoms with Crippen LogP contribution in [0.15, 0.2) is 48.2 Å².